The minimum atomic E-state index is -0.261. The fourth-order valence-electron chi connectivity index (χ4n) is 5.23. The quantitative estimate of drug-likeness (QED) is 0.774. The van der Waals surface area contributed by atoms with Crippen LogP contribution in [0.3, 0.4) is 0 Å². The lowest BCUT2D eigenvalue weighted by molar-refractivity contribution is -0.140. The standard InChI is InChI=1S/C21H28N2O/c1-16-20(2,3)17-9-10-21(16,15-17)19(24)23-13-11-22(12-14-23)18-7-5-4-6-8-18/h4-8,17H,1,9-15H2,2-3H3/t17-,21-/m0/s1. The van der Waals surface area contributed by atoms with E-state index in [4.69, 9.17) is 0 Å². The molecule has 1 amide bonds. The van der Waals surface area contributed by atoms with Crippen molar-refractivity contribution in [3.63, 3.8) is 0 Å². The van der Waals surface area contributed by atoms with E-state index in [9.17, 15) is 4.79 Å². The molecule has 1 heterocycles. The van der Waals surface area contributed by atoms with E-state index in [0.29, 0.717) is 11.8 Å². The van der Waals surface area contributed by atoms with Crippen molar-refractivity contribution in [2.45, 2.75) is 33.1 Å². The SMILES string of the molecule is C=C1C(C)(C)[C@H]2CC[C@]1(C(=O)N1CCN(c3ccccc3)CC1)C2. The van der Waals surface area contributed by atoms with Gasteiger partial charge < -0.3 is 9.80 Å². The summed E-state index contributed by atoms with van der Waals surface area (Å²) >= 11 is 0. The zero-order valence-electron chi connectivity index (χ0n) is 14.9. The molecular formula is C21H28N2O. The summed E-state index contributed by atoms with van der Waals surface area (Å²) in [4.78, 5) is 17.9. The van der Waals surface area contributed by atoms with Crippen LogP contribution < -0.4 is 4.90 Å². The number of para-hydroxylation sites is 1. The number of nitrogens with zero attached hydrogens (tertiary/aromatic N) is 2. The van der Waals surface area contributed by atoms with Crippen molar-refractivity contribution in [1.82, 2.24) is 4.90 Å². The maximum atomic E-state index is 13.4. The van der Waals surface area contributed by atoms with Crippen molar-refractivity contribution in [3.05, 3.63) is 42.5 Å². The van der Waals surface area contributed by atoms with Crippen LogP contribution in [0.25, 0.3) is 0 Å². The lowest BCUT2D eigenvalue weighted by atomic mass is 9.68. The van der Waals surface area contributed by atoms with Crippen LogP contribution >= 0.6 is 0 Å². The van der Waals surface area contributed by atoms with Crippen molar-refractivity contribution in [3.8, 4) is 0 Å². The Kier molecular flexibility index (Phi) is 3.52. The van der Waals surface area contributed by atoms with Crippen molar-refractivity contribution in [2.24, 2.45) is 16.7 Å². The minimum absolute atomic E-state index is 0.125. The van der Waals surface area contributed by atoms with Crippen LogP contribution in [0.1, 0.15) is 33.1 Å². The van der Waals surface area contributed by atoms with Crippen LogP contribution in [-0.2, 0) is 4.79 Å². The van der Waals surface area contributed by atoms with Crippen molar-refractivity contribution in [1.29, 1.82) is 0 Å². The van der Waals surface area contributed by atoms with Crippen molar-refractivity contribution >= 4 is 11.6 Å². The number of hydrogen-bond donors (Lipinski definition) is 0. The molecule has 128 valence electrons. The third kappa shape index (κ3) is 2.13. The summed E-state index contributed by atoms with van der Waals surface area (Å²) in [5.41, 5.74) is 2.32. The molecule has 1 saturated heterocycles. The molecular weight excluding hydrogens is 296 g/mol. The highest BCUT2D eigenvalue weighted by molar-refractivity contribution is 5.88. The van der Waals surface area contributed by atoms with E-state index in [1.165, 1.54) is 17.7 Å². The summed E-state index contributed by atoms with van der Waals surface area (Å²) in [5, 5.41) is 0. The van der Waals surface area contributed by atoms with Crippen LogP contribution in [0.2, 0.25) is 0 Å². The lowest BCUT2D eigenvalue weighted by Crippen LogP contribution is -2.53. The van der Waals surface area contributed by atoms with E-state index in [0.717, 1.165) is 39.0 Å². The van der Waals surface area contributed by atoms with Gasteiger partial charge in [-0.25, -0.2) is 0 Å². The summed E-state index contributed by atoms with van der Waals surface area (Å²) in [7, 11) is 0. The topological polar surface area (TPSA) is 23.6 Å². The van der Waals surface area contributed by atoms with Gasteiger partial charge in [-0.05, 0) is 42.7 Å². The Hall–Kier alpha value is -1.77. The predicted molar refractivity (Wildman–Crippen MR) is 97.9 cm³/mol. The van der Waals surface area contributed by atoms with E-state index in [1.54, 1.807) is 0 Å². The monoisotopic (exact) mass is 324 g/mol. The molecule has 2 saturated carbocycles. The van der Waals surface area contributed by atoms with Gasteiger partial charge in [-0.2, -0.15) is 0 Å². The second-order valence-electron chi connectivity index (χ2n) is 8.34. The Balaban J connectivity index is 1.47. The van der Waals surface area contributed by atoms with Gasteiger partial charge in [0.05, 0.1) is 5.41 Å². The van der Waals surface area contributed by atoms with Gasteiger partial charge in [0.2, 0.25) is 5.91 Å². The Morgan fingerprint density at radius 2 is 1.79 bits per heavy atom. The van der Waals surface area contributed by atoms with Gasteiger partial charge >= 0.3 is 0 Å². The number of piperazine rings is 1. The molecule has 24 heavy (non-hydrogen) atoms. The molecule has 4 rings (SSSR count). The van der Waals surface area contributed by atoms with Gasteiger partial charge in [0.15, 0.2) is 0 Å². The molecule has 2 bridgehead atoms. The van der Waals surface area contributed by atoms with E-state index in [-0.39, 0.29) is 10.8 Å². The number of rotatable bonds is 2. The van der Waals surface area contributed by atoms with Gasteiger partial charge in [0.25, 0.3) is 0 Å². The number of carbonyl (C=O) groups is 1. The normalized spacial score (nSPS) is 31.6. The molecule has 0 radical (unpaired) electrons. The van der Waals surface area contributed by atoms with Gasteiger partial charge in [-0.15, -0.1) is 0 Å². The highest BCUT2D eigenvalue weighted by Gasteiger charge is 2.61. The Morgan fingerprint density at radius 1 is 1.12 bits per heavy atom. The molecule has 3 heteroatoms. The molecule has 3 fully saturated rings. The molecule has 3 nitrogen and oxygen atoms in total. The summed E-state index contributed by atoms with van der Waals surface area (Å²) in [5.74, 6) is 0.993. The molecule has 0 spiro atoms. The third-order valence-corrected chi connectivity index (χ3v) is 6.99. The molecule has 1 aliphatic heterocycles. The van der Waals surface area contributed by atoms with Gasteiger partial charge in [0.1, 0.15) is 0 Å². The number of fused-ring (bicyclic) bond motifs is 2. The van der Waals surface area contributed by atoms with Gasteiger partial charge in [-0.3, -0.25) is 4.79 Å². The second kappa shape index (κ2) is 5.37. The molecule has 3 aliphatic rings. The maximum Gasteiger partial charge on any atom is 0.233 e. The fourth-order valence-corrected chi connectivity index (χ4v) is 5.23. The molecule has 0 aromatic heterocycles. The highest BCUT2D eigenvalue weighted by atomic mass is 16.2. The first-order valence-corrected chi connectivity index (χ1v) is 9.24. The van der Waals surface area contributed by atoms with Gasteiger partial charge in [-0.1, -0.05) is 44.2 Å². The maximum absolute atomic E-state index is 13.4. The summed E-state index contributed by atoms with van der Waals surface area (Å²) in [6, 6.07) is 10.5. The summed E-state index contributed by atoms with van der Waals surface area (Å²) in [6.45, 7) is 12.4. The number of anilines is 1. The van der Waals surface area contributed by atoms with Gasteiger partial charge in [0, 0.05) is 31.9 Å². The smallest absolute Gasteiger partial charge is 0.233 e. The number of amides is 1. The van der Waals surface area contributed by atoms with E-state index >= 15 is 0 Å². The first-order valence-electron chi connectivity index (χ1n) is 9.24. The summed E-state index contributed by atoms with van der Waals surface area (Å²) in [6.07, 6.45) is 3.22. The molecule has 1 aromatic carbocycles. The molecule has 0 unspecified atom stereocenters. The number of hydrogen-bond acceptors (Lipinski definition) is 2. The minimum Gasteiger partial charge on any atom is -0.368 e. The highest BCUT2D eigenvalue weighted by Crippen LogP contribution is 2.65. The average Bonchev–Trinajstić information content (AvgIpc) is 3.14. The third-order valence-electron chi connectivity index (χ3n) is 6.99. The van der Waals surface area contributed by atoms with Crippen LogP contribution in [0, 0.1) is 16.7 Å². The summed E-state index contributed by atoms with van der Waals surface area (Å²) < 4.78 is 0. The lowest BCUT2D eigenvalue weighted by Gasteiger charge is -2.42. The van der Waals surface area contributed by atoms with Crippen LogP contribution in [-0.4, -0.2) is 37.0 Å². The average molecular weight is 324 g/mol. The van der Waals surface area contributed by atoms with Crippen LogP contribution in [0.15, 0.2) is 42.5 Å². The van der Waals surface area contributed by atoms with E-state index in [1.807, 2.05) is 6.07 Å². The molecule has 1 aromatic rings. The fraction of sp³-hybridized carbons (Fsp3) is 0.571. The first-order chi connectivity index (χ1) is 11.4. The van der Waals surface area contributed by atoms with Crippen LogP contribution in [0.4, 0.5) is 5.69 Å². The van der Waals surface area contributed by atoms with Crippen molar-refractivity contribution in [2.75, 3.05) is 31.1 Å². The van der Waals surface area contributed by atoms with E-state index in [2.05, 4.69) is 54.5 Å². The van der Waals surface area contributed by atoms with E-state index < -0.39 is 0 Å². The zero-order chi connectivity index (χ0) is 16.9. The number of carbonyl (C=O) groups excluding carboxylic acids is 1. The van der Waals surface area contributed by atoms with Crippen molar-refractivity contribution < 1.29 is 4.79 Å². The number of benzene rings is 1. The van der Waals surface area contributed by atoms with Crippen LogP contribution in [0.5, 0.6) is 0 Å². The Bertz CT molecular complexity index is 658. The molecule has 2 atom stereocenters. The first kappa shape index (κ1) is 15.7. The Labute approximate surface area is 145 Å². The zero-order valence-corrected chi connectivity index (χ0v) is 14.9. The largest absolute Gasteiger partial charge is 0.368 e. The second-order valence-corrected chi connectivity index (χ2v) is 8.34. The Morgan fingerprint density at radius 3 is 2.38 bits per heavy atom. The predicted octanol–water partition coefficient (Wildman–Crippen LogP) is 3.72. The molecule has 0 N–H and O–H groups in total. The molecule has 2 aliphatic carbocycles.